The summed E-state index contributed by atoms with van der Waals surface area (Å²) in [6.45, 7) is 8.51. The molecule has 0 unspecified atom stereocenters. The summed E-state index contributed by atoms with van der Waals surface area (Å²) in [5.41, 5.74) is 2.20. The number of hydrogen-bond donors (Lipinski definition) is 2. The van der Waals surface area contributed by atoms with Gasteiger partial charge in [-0.2, -0.15) is 0 Å². The minimum atomic E-state index is 0.473. The third-order valence-corrected chi connectivity index (χ3v) is 4.62. The number of thiazole rings is 1. The fourth-order valence-corrected chi connectivity index (χ4v) is 2.92. The Hall–Kier alpha value is -2.08. The Kier molecular flexibility index (Phi) is 7.06. The number of ether oxygens (including phenoxy) is 1. The maximum atomic E-state index is 5.17. The molecule has 0 radical (unpaired) electrons. The summed E-state index contributed by atoms with van der Waals surface area (Å²) < 4.78 is 5.17. The number of aliphatic imine (C=N–C) groups is 1. The minimum Gasteiger partial charge on any atom is -0.497 e. The monoisotopic (exact) mass is 346 g/mol. The maximum absolute atomic E-state index is 5.17. The van der Waals surface area contributed by atoms with Gasteiger partial charge >= 0.3 is 0 Å². The van der Waals surface area contributed by atoms with Crippen LogP contribution >= 0.6 is 11.3 Å². The molecule has 0 amide bonds. The first kappa shape index (κ1) is 18.3. The summed E-state index contributed by atoms with van der Waals surface area (Å²) >= 11 is 1.71. The molecule has 24 heavy (non-hydrogen) atoms. The van der Waals surface area contributed by atoms with Crippen LogP contribution in [0.4, 0.5) is 0 Å². The highest BCUT2D eigenvalue weighted by Gasteiger charge is 2.06. The minimum absolute atomic E-state index is 0.473. The van der Waals surface area contributed by atoms with Gasteiger partial charge in [-0.3, -0.25) is 0 Å². The lowest BCUT2D eigenvalue weighted by molar-refractivity contribution is 0.414. The number of nitrogens with zero attached hydrogens (tertiary/aromatic N) is 2. The molecule has 0 atom stereocenters. The van der Waals surface area contributed by atoms with Crippen molar-refractivity contribution in [2.24, 2.45) is 4.99 Å². The van der Waals surface area contributed by atoms with E-state index in [1.54, 1.807) is 18.4 Å². The van der Waals surface area contributed by atoms with Crippen LogP contribution in [-0.4, -0.2) is 24.6 Å². The Labute approximate surface area is 148 Å². The second-order valence-electron chi connectivity index (χ2n) is 5.73. The molecule has 0 saturated heterocycles. The van der Waals surface area contributed by atoms with Crippen molar-refractivity contribution in [3.05, 3.63) is 45.9 Å². The predicted molar refractivity (Wildman–Crippen MR) is 101 cm³/mol. The van der Waals surface area contributed by atoms with Gasteiger partial charge in [0.2, 0.25) is 0 Å². The summed E-state index contributed by atoms with van der Waals surface area (Å²) in [5, 5.41) is 9.89. The first-order valence-electron chi connectivity index (χ1n) is 8.21. The van der Waals surface area contributed by atoms with Crippen LogP contribution in [0.5, 0.6) is 5.75 Å². The van der Waals surface area contributed by atoms with Crippen molar-refractivity contribution in [2.45, 2.75) is 39.8 Å². The Morgan fingerprint density at radius 2 is 2.00 bits per heavy atom. The number of rotatable bonds is 7. The van der Waals surface area contributed by atoms with E-state index in [2.05, 4.69) is 46.8 Å². The van der Waals surface area contributed by atoms with Crippen molar-refractivity contribution in [3.63, 3.8) is 0 Å². The molecule has 0 bridgehead atoms. The molecular weight excluding hydrogens is 320 g/mol. The van der Waals surface area contributed by atoms with Gasteiger partial charge in [-0.25, -0.2) is 9.98 Å². The largest absolute Gasteiger partial charge is 0.497 e. The van der Waals surface area contributed by atoms with Crippen molar-refractivity contribution in [1.29, 1.82) is 0 Å². The summed E-state index contributed by atoms with van der Waals surface area (Å²) in [7, 11) is 1.67. The van der Waals surface area contributed by atoms with Crippen LogP contribution in [0.1, 0.15) is 43.0 Å². The molecule has 0 aliphatic rings. The van der Waals surface area contributed by atoms with Crippen LogP contribution < -0.4 is 15.4 Å². The first-order valence-corrected chi connectivity index (χ1v) is 9.09. The van der Waals surface area contributed by atoms with Crippen molar-refractivity contribution in [2.75, 3.05) is 13.7 Å². The molecule has 130 valence electrons. The molecule has 5 nitrogen and oxygen atoms in total. The van der Waals surface area contributed by atoms with E-state index in [9.17, 15) is 0 Å². The lowest BCUT2D eigenvalue weighted by Crippen LogP contribution is -2.36. The number of benzene rings is 1. The molecule has 1 aromatic carbocycles. The second-order valence-corrected chi connectivity index (χ2v) is 6.62. The third kappa shape index (κ3) is 5.53. The number of hydrogen-bond acceptors (Lipinski definition) is 4. The van der Waals surface area contributed by atoms with Gasteiger partial charge in [0.1, 0.15) is 5.75 Å². The average molecular weight is 347 g/mol. The Morgan fingerprint density at radius 3 is 2.58 bits per heavy atom. The number of aromatic nitrogens is 1. The SMILES string of the molecule is CCNC(=NCc1ccc(OC)cc1)NCc1csc(C(C)C)n1. The summed E-state index contributed by atoms with van der Waals surface area (Å²) in [6, 6.07) is 7.96. The zero-order valence-electron chi connectivity index (χ0n) is 14.8. The standard InChI is InChI=1S/C18H26N4OS/c1-5-19-18(20-10-14-6-8-16(23-4)9-7-14)21-11-15-12-24-17(22-15)13(2)3/h6-9,12-13H,5,10-11H2,1-4H3,(H2,19,20,21). The fourth-order valence-electron chi connectivity index (χ4n) is 2.09. The molecule has 0 aliphatic carbocycles. The molecule has 2 N–H and O–H groups in total. The molecule has 2 aromatic rings. The maximum Gasteiger partial charge on any atom is 0.191 e. The smallest absolute Gasteiger partial charge is 0.191 e. The highest BCUT2D eigenvalue weighted by molar-refractivity contribution is 7.09. The molecule has 0 fully saturated rings. The van der Waals surface area contributed by atoms with Crippen LogP contribution in [0.3, 0.4) is 0 Å². The van der Waals surface area contributed by atoms with Crippen LogP contribution in [-0.2, 0) is 13.1 Å². The summed E-state index contributed by atoms with van der Waals surface area (Å²) in [6.07, 6.45) is 0. The van der Waals surface area contributed by atoms with Gasteiger partial charge in [-0.05, 0) is 24.6 Å². The molecular formula is C18H26N4OS. The zero-order valence-corrected chi connectivity index (χ0v) is 15.6. The quantitative estimate of drug-likeness (QED) is 0.595. The molecule has 6 heteroatoms. The van der Waals surface area contributed by atoms with Crippen molar-refractivity contribution >= 4 is 17.3 Å². The molecule has 0 saturated carbocycles. The topological polar surface area (TPSA) is 58.5 Å². The van der Waals surface area contributed by atoms with Gasteiger partial charge in [-0.1, -0.05) is 26.0 Å². The van der Waals surface area contributed by atoms with Crippen molar-refractivity contribution < 1.29 is 4.74 Å². The number of methoxy groups -OCH3 is 1. The van der Waals surface area contributed by atoms with Gasteiger partial charge < -0.3 is 15.4 Å². The van der Waals surface area contributed by atoms with Gasteiger partial charge in [0.15, 0.2) is 5.96 Å². The van der Waals surface area contributed by atoms with Gasteiger partial charge in [0.05, 0.1) is 30.9 Å². The lowest BCUT2D eigenvalue weighted by Gasteiger charge is -2.10. The first-order chi connectivity index (χ1) is 11.6. The van der Waals surface area contributed by atoms with E-state index in [0.717, 1.165) is 29.5 Å². The van der Waals surface area contributed by atoms with E-state index < -0.39 is 0 Å². The molecule has 0 spiro atoms. The third-order valence-electron chi connectivity index (χ3n) is 3.42. The van der Waals surface area contributed by atoms with Crippen LogP contribution in [0.25, 0.3) is 0 Å². The molecule has 1 aromatic heterocycles. The van der Waals surface area contributed by atoms with E-state index in [0.29, 0.717) is 19.0 Å². The normalized spacial score (nSPS) is 11.6. The Bertz CT molecular complexity index is 649. The Morgan fingerprint density at radius 1 is 1.25 bits per heavy atom. The van der Waals surface area contributed by atoms with Crippen LogP contribution in [0, 0.1) is 0 Å². The van der Waals surface area contributed by atoms with E-state index in [-0.39, 0.29) is 0 Å². The summed E-state index contributed by atoms with van der Waals surface area (Å²) in [5.74, 6) is 2.13. The van der Waals surface area contributed by atoms with E-state index in [1.807, 2.05) is 24.3 Å². The predicted octanol–water partition coefficient (Wildman–Crippen LogP) is 3.53. The van der Waals surface area contributed by atoms with E-state index in [4.69, 9.17) is 4.74 Å². The number of guanidine groups is 1. The van der Waals surface area contributed by atoms with E-state index in [1.165, 1.54) is 5.01 Å². The van der Waals surface area contributed by atoms with E-state index >= 15 is 0 Å². The zero-order chi connectivity index (χ0) is 17.4. The van der Waals surface area contributed by atoms with Gasteiger partial charge in [-0.15, -0.1) is 11.3 Å². The van der Waals surface area contributed by atoms with Crippen molar-refractivity contribution in [3.8, 4) is 5.75 Å². The summed E-state index contributed by atoms with van der Waals surface area (Å²) in [4.78, 5) is 9.26. The highest BCUT2D eigenvalue weighted by Crippen LogP contribution is 2.18. The Balaban J connectivity index is 1.93. The molecule has 0 aliphatic heterocycles. The van der Waals surface area contributed by atoms with Crippen molar-refractivity contribution in [1.82, 2.24) is 15.6 Å². The highest BCUT2D eigenvalue weighted by atomic mass is 32.1. The lowest BCUT2D eigenvalue weighted by atomic mass is 10.2. The van der Waals surface area contributed by atoms with Crippen LogP contribution in [0.15, 0.2) is 34.6 Å². The molecule has 2 rings (SSSR count). The van der Waals surface area contributed by atoms with Gasteiger partial charge in [0, 0.05) is 17.8 Å². The molecule has 1 heterocycles. The number of nitrogens with one attached hydrogen (secondary N) is 2. The van der Waals surface area contributed by atoms with Crippen LogP contribution in [0.2, 0.25) is 0 Å². The average Bonchev–Trinajstić information content (AvgIpc) is 3.07. The fraction of sp³-hybridized carbons (Fsp3) is 0.444. The second kappa shape index (κ2) is 9.27. The van der Waals surface area contributed by atoms with Gasteiger partial charge in [0.25, 0.3) is 0 Å².